The predicted molar refractivity (Wildman–Crippen MR) is 114 cm³/mol. The standard InChI is InChI=1S/C20H28N6O3S/c1-11(2)26-13(10-27)9-17(24-26)30(21,29)25-20(28)23-19-14-5-4-6-16(14)22-18-12(3)7-8-15(18)19/h9,11-12,27H,4-8,10H2,1-3H3,(H3,21,22,23,25,28,29)/t12-,30+/m1/s1. The summed E-state index contributed by atoms with van der Waals surface area (Å²) in [5.41, 5.74) is 5.43. The van der Waals surface area contributed by atoms with E-state index in [0.717, 1.165) is 60.3 Å². The third-order valence-electron chi connectivity index (χ3n) is 5.84. The molecular formula is C20H28N6O3S. The number of amides is 2. The molecule has 0 aromatic carbocycles. The number of hydrogen-bond donors (Lipinski definition) is 3. The molecule has 0 spiro atoms. The number of fused-ring (bicyclic) bond motifs is 2. The quantitative estimate of drug-likeness (QED) is 0.682. The van der Waals surface area contributed by atoms with Gasteiger partial charge in [0.25, 0.3) is 0 Å². The summed E-state index contributed by atoms with van der Waals surface area (Å²) >= 11 is 0. The van der Waals surface area contributed by atoms with Crippen LogP contribution in [-0.2, 0) is 35.8 Å². The predicted octanol–water partition coefficient (Wildman–Crippen LogP) is 2.82. The van der Waals surface area contributed by atoms with Gasteiger partial charge in [-0.1, -0.05) is 6.92 Å². The van der Waals surface area contributed by atoms with Gasteiger partial charge in [-0.05, 0) is 63.0 Å². The molecule has 2 heterocycles. The van der Waals surface area contributed by atoms with E-state index in [2.05, 4.69) is 21.7 Å². The Balaban J connectivity index is 1.68. The minimum atomic E-state index is -3.56. The van der Waals surface area contributed by atoms with Crippen molar-refractivity contribution in [3.8, 4) is 0 Å². The second kappa shape index (κ2) is 7.75. The van der Waals surface area contributed by atoms with Crippen LogP contribution in [0.5, 0.6) is 0 Å². The Hall–Kier alpha value is -2.30. The molecule has 2 aromatic rings. The van der Waals surface area contributed by atoms with Gasteiger partial charge in [-0.2, -0.15) is 5.10 Å². The number of anilines is 1. The number of carbonyl (C=O) groups is 1. The van der Waals surface area contributed by atoms with Crippen LogP contribution >= 0.6 is 0 Å². The first-order valence-electron chi connectivity index (χ1n) is 10.3. The fourth-order valence-electron chi connectivity index (χ4n) is 4.37. The second-order valence-electron chi connectivity index (χ2n) is 8.33. The highest BCUT2D eigenvalue weighted by atomic mass is 32.2. The Bertz CT molecular complexity index is 1130. The molecule has 2 atom stereocenters. The lowest BCUT2D eigenvalue weighted by molar-refractivity contribution is 0.260. The highest BCUT2D eigenvalue weighted by Crippen LogP contribution is 2.41. The van der Waals surface area contributed by atoms with Crippen molar-refractivity contribution in [2.24, 2.45) is 9.50 Å². The molecule has 0 fully saturated rings. The summed E-state index contributed by atoms with van der Waals surface area (Å²) in [5, 5.41) is 22.5. The molecule has 30 heavy (non-hydrogen) atoms. The second-order valence-corrected chi connectivity index (χ2v) is 10.1. The average molecular weight is 433 g/mol. The van der Waals surface area contributed by atoms with Crippen LogP contribution in [0.1, 0.15) is 73.8 Å². The molecule has 0 bridgehead atoms. The van der Waals surface area contributed by atoms with Gasteiger partial charge in [-0.25, -0.2) is 14.1 Å². The zero-order valence-electron chi connectivity index (χ0n) is 17.5. The summed E-state index contributed by atoms with van der Waals surface area (Å²) in [6.07, 6.45) is 4.61. The summed E-state index contributed by atoms with van der Waals surface area (Å²) in [6, 6.07) is 0.617. The number of nitrogens with one attached hydrogen (secondary N) is 1. The highest BCUT2D eigenvalue weighted by molar-refractivity contribution is 7.91. The molecule has 0 unspecified atom stereocenters. The number of carbonyl (C=O) groups excluding carboxylic acids is 1. The van der Waals surface area contributed by atoms with E-state index in [1.807, 2.05) is 13.8 Å². The maximum atomic E-state index is 13.0. The van der Waals surface area contributed by atoms with E-state index >= 15 is 0 Å². The third-order valence-corrected chi connectivity index (χ3v) is 7.08. The monoisotopic (exact) mass is 432 g/mol. The lowest BCUT2D eigenvalue weighted by atomic mass is 10.0. The lowest BCUT2D eigenvalue weighted by Gasteiger charge is -2.15. The van der Waals surface area contributed by atoms with Crippen molar-refractivity contribution in [3.63, 3.8) is 0 Å². The summed E-state index contributed by atoms with van der Waals surface area (Å²) < 4.78 is 18.3. The molecule has 2 amide bonds. The van der Waals surface area contributed by atoms with Gasteiger partial charge in [-0.3, -0.25) is 9.67 Å². The van der Waals surface area contributed by atoms with Crippen LogP contribution in [0.3, 0.4) is 0 Å². The zero-order chi connectivity index (χ0) is 21.6. The number of aliphatic hydroxyl groups is 1. The molecule has 4 rings (SSSR count). The Kier molecular flexibility index (Phi) is 5.41. The molecule has 162 valence electrons. The number of urea groups is 1. The van der Waals surface area contributed by atoms with E-state index in [9.17, 15) is 14.1 Å². The molecule has 10 heteroatoms. The SMILES string of the molecule is CC(C)n1nc([S@@](N)(=O)=NC(=O)Nc2c3c(nc4c2CC[C@H]4C)CCC3)cc1CO. The molecule has 2 aromatic heterocycles. The number of aromatic nitrogens is 3. The van der Waals surface area contributed by atoms with Crippen molar-refractivity contribution >= 4 is 21.6 Å². The normalized spacial score (nSPS) is 19.5. The van der Waals surface area contributed by atoms with Crippen LogP contribution < -0.4 is 10.5 Å². The first kappa shape index (κ1) is 21.0. The van der Waals surface area contributed by atoms with Crippen LogP contribution in [0.2, 0.25) is 0 Å². The first-order chi connectivity index (χ1) is 14.2. The first-order valence-corrected chi connectivity index (χ1v) is 11.9. The van der Waals surface area contributed by atoms with E-state index in [-0.39, 0.29) is 17.7 Å². The average Bonchev–Trinajstić information content (AvgIpc) is 3.39. The number of hydrogen-bond acceptors (Lipinski definition) is 5. The molecule has 0 aliphatic heterocycles. The number of nitrogens with two attached hydrogens (primary N) is 1. The van der Waals surface area contributed by atoms with Crippen LogP contribution in [0, 0.1) is 0 Å². The minimum absolute atomic E-state index is 0.0193. The summed E-state index contributed by atoms with van der Waals surface area (Å²) in [4.78, 5) is 17.6. The van der Waals surface area contributed by atoms with Crippen LogP contribution in [0.4, 0.5) is 10.5 Å². The number of rotatable bonds is 4. The van der Waals surface area contributed by atoms with Crippen molar-refractivity contribution in [2.45, 2.75) is 76.5 Å². The summed E-state index contributed by atoms with van der Waals surface area (Å²) in [6.45, 7) is 5.63. The van der Waals surface area contributed by atoms with E-state index in [4.69, 9.17) is 10.1 Å². The number of nitrogens with zero attached hydrogens (tertiary/aromatic N) is 4. The molecule has 2 aliphatic rings. The van der Waals surface area contributed by atoms with Gasteiger partial charge in [0.05, 0.1) is 18.0 Å². The van der Waals surface area contributed by atoms with E-state index in [0.29, 0.717) is 11.6 Å². The van der Waals surface area contributed by atoms with Gasteiger partial charge in [0.1, 0.15) is 0 Å². The van der Waals surface area contributed by atoms with Crippen molar-refractivity contribution in [1.82, 2.24) is 14.8 Å². The van der Waals surface area contributed by atoms with Gasteiger partial charge < -0.3 is 10.4 Å². The maximum Gasteiger partial charge on any atom is 0.354 e. The number of pyridine rings is 1. The third kappa shape index (κ3) is 3.63. The zero-order valence-corrected chi connectivity index (χ0v) is 18.3. The number of aryl methyl sites for hydroxylation is 1. The van der Waals surface area contributed by atoms with Crippen molar-refractivity contribution < 1.29 is 14.1 Å². The fraction of sp³-hybridized carbons (Fsp3) is 0.550. The van der Waals surface area contributed by atoms with Gasteiger partial charge in [0.2, 0.25) is 0 Å². The molecule has 9 nitrogen and oxygen atoms in total. The van der Waals surface area contributed by atoms with Gasteiger partial charge in [0.15, 0.2) is 14.9 Å². The lowest BCUT2D eigenvalue weighted by Crippen LogP contribution is -2.20. The molecule has 0 saturated heterocycles. The van der Waals surface area contributed by atoms with E-state index < -0.39 is 15.9 Å². The van der Waals surface area contributed by atoms with Gasteiger partial charge >= 0.3 is 6.03 Å². The Labute approximate surface area is 176 Å². The summed E-state index contributed by atoms with van der Waals surface area (Å²) in [5.74, 6) is 0.356. The maximum absolute atomic E-state index is 13.0. The highest BCUT2D eigenvalue weighted by Gasteiger charge is 2.30. The Morgan fingerprint density at radius 3 is 2.83 bits per heavy atom. The van der Waals surface area contributed by atoms with Gasteiger partial charge in [0, 0.05) is 23.5 Å². The van der Waals surface area contributed by atoms with Crippen LogP contribution in [-0.4, -0.2) is 30.1 Å². The van der Waals surface area contributed by atoms with Crippen molar-refractivity contribution in [1.29, 1.82) is 0 Å². The molecule has 0 radical (unpaired) electrons. The molecular weight excluding hydrogens is 404 g/mol. The summed E-state index contributed by atoms with van der Waals surface area (Å²) in [7, 11) is -3.56. The fourth-order valence-corrected chi connectivity index (χ4v) is 5.26. The van der Waals surface area contributed by atoms with Gasteiger partial charge in [-0.15, -0.1) is 4.36 Å². The Morgan fingerprint density at radius 2 is 2.17 bits per heavy atom. The minimum Gasteiger partial charge on any atom is -0.390 e. The topological polar surface area (TPSA) is 135 Å². The van der Waals surface area contributed by atoms with Crippen molar-refractivity contribution in [3.05, 3.63) is 34.3 Å². The van der Waals surface area contributed by atoms with Crippen LogP contribution in [0.15, 0.2) is 15.5 Å². The van der Waals surface area contributed by atoms with E-state index in [1.165, 1.54) is 10.7 Å². The molecule has 0 saturated carbocycles. The number of aliphatic hydroxyl groups excluding tert-OH is 1. The smallest absolute Gasteiger partial charge is 0.354 e. The Morgan fingerprint density at radius 1 is 1.40 bits per heavy atom. The molecule has 4 N–H and O–H groups in total. The van der Waals surface area contributed by atoms with E-state index in [1.54, 1.807) is 0 Å². The molecule has 2 aliphatic carbocycles. The van der Waals surface area contributed by atoms with Crippen molar-refractivity contribution in [2.75, 3.05) is 5.32 Å². The largest absolute Gasteiger partial charge is 0.390 e. The van der Waals surface area contributed by atoms with Crippen LogP contribution in [0.25, 0.3) is 0 Å².